The normalized spacial score (nSPS) is 21.6. The number of amides is 1. The first kappa shape index (κ1) is 22.7. The molecule has 0 radical (unpaired) electrons. The summed E-state index contributed by atoms with van der Waals surface area (Å²) in [7, 11) is -2.20. The molecular formula is C22H27FN4O4S. The fraction of sp³-hybridized carbons (Fsp3) is 0.409. The van der Waals surface area contributed by atoms with Crippen LogP contribution in [0.15, 0.2) is 47.4 Å². The van der Waals surface area contributed by atoms with Gasteiger partial charge in [-0.2, -0.15) is 4.31 Å². The zero-order chi connectivity index (χ0) is 22.7. The second-order valence-corrected chi connectivity index (χ2v) is 9.90. The monoisotopic (exact) mass is 462 g/mol. The highest BCUT2D eigenvalue weighted by atomic mass is 32.2. The molecule has 2 aromatic rings. The molecule has 2 unspecified atom stereocenters. The van der Waals surface area contributed by atoms with Crippen LogP contribution in [0.2, 0.25) is 0 Å². The second-order valence-electron chi connectivity index (χ2n) is 8.00. The minimum Gasteiger partial charge on any atom is -0.495 e. The largest absolute Gasteiger partial charge is 0.495 e. The van der Waals surface area contributed by atoms with E-state index < -0.39 is 16.1 Å². The molecule has 0 bridgehead atoms. The number of halogens is 1. The van der Waals surface area contributed by atoms with Crippen molar-refractivity contribution in [2.45, 2.75) is 42.8 Å². The van der Waals surface area contributed by atoms with E-state index in [1.54, 1.807) is 30.3 Å². The number of nitrogens with one attached hydrogen (secondary N) is 3. The van der Waals surface area contributed by atoms with Crippen LogP contribution in [0.4, 0.5) is 4.39 Å². The molecule has 2 aliphatic heterocycles. The van der Waals surface area contributed by atoms with Gasteiger partial charge in [0.05, 0.1) is 7.11 Å². The molecule has 0 saturated carbocycles. The smallest absolute Gasteiger partial charge is 0.246 e. The third-order valence-corrected chi connectivity index (χ3v) is 7.79. The Morgan fingerprint density at radius 2 is 1.88 bits per heavy atom. The van der Waals surface area contributed by atoms with Gasteiger partial charge in [0.2, 0.25) is 15.9 Å². The SMILES string of the molecule is COc1ccc(C2CC(C(=O)NCc3ccc(F)cc3)NN2)cc1S(=O)(=O)N1CCCC1. The zero-order valence-corrected chi connectivity index (χ0v) is 18.6. The molecule has 32 heavy (non-hydrogen) atoms. The Bertz CT molecular complexity index is 1070. The third kappa shape index (κ3) is 4.78. The Morgan fingerprint density at radius 1 is 1.16 bits per heavy atom. The van der Waals surface area contributed by atoms with Gasteiger partial charge in [-0.05, 0) is 54.7 Å². The quantitative estimate of drug-likeness (QED) is 0.581. The van der Waals surface area contributed by atoms with E-state index >= 15 is 0 Å². The van der Waals surface area contributed by atoms with Gasteiger partial charge in [-0.1, -0.05) is 18.2 Å². The Hall–Kier alpha value is -2.53. The fourth-order valence-electron chi connectivity index (χ4n) is 4.04. The van der Waals surface area contributed by atoms with Gasteiger partial charge < -0.3 is 10.1 Å². The minimum absolute atomic E-state index is 0.144. The van der Waals surface area contributed by atoms with Crippen LogP contribution in [-0.4, -0.2) is 44.9 Å². The molecule has 3 N–H and O–H groups in total. The summed E-state index contributed by atoms with van der Waals surface area (Å²) in [5.41, 5.74) is 7.62. The van der Waals surface area contributed by atoms with Gasteiger partial charge in [0.15, 0.2) is 0 Å². The lowest BCUT2D eigenvalue weighted by molar-refractivity contribution is -0.123. The topological polar surface area (TPSA) is 99.8 Å². The highest BCUT2D eigenvalue weighted by Gasteiger charge is 2.33. The number of nitrogens with zero attached hydrogens (tertiary/aromatic N) is 1. The van der Waals surface area contributed by atoms with Crippen LogP contribution in [0, 0.1) is 5.82 Å². The lowest BCUT2D eigenvalue weighted by Gasteiger charge is -2.19. The van der Waals surface area contributed by atoms with Crippen LogP contribution >= 0.6 is 0 Å². The van der Waals surface area contributed by atoms with Gasteiger partial charge >= 0.3 is 0 Å². The first-order chi connectivity index (χ1) is 15.4. The fourth-order valence-corrected chi connectivity index (χ4v) is 5.75. The van der Waals surface area contributed by atoms with E-state index in [2.05, 4.69) is 16.2 Å². The van der Waals surface area contributed by atoms with Crippen molar-refractivity contribution in [2.75, 3.05) is 20.2 Å². The Balaban J connectivity index is 1.44. The van der Waals surface area contributed by atoms with Crippen molar-refractivity contribution in [1.82, 2.24) is 20.5 Å². The summed E-state index contributed by atoms with van der Waals surface area (Å²) in [4.78, 5) is 12.7. The number of carbonyl (C=O) groups is 1. The van der Waals surface area contributed by atoms with Gasteiger partial charge in [-0.15, -0.1) is 0 Å². The van der Waals surface area contributed by atoms with E-state index in [-0.39, 0.29) is 22.7 Å². The van der Waals surface area contributed by atoms with Gasteiger partial charge in [-0.3, -0.25) is 4.79 Å². The van der Waals surface area contributed by atoms with Gasteiger partial charge in [0.25, 0.3) is 0 Å². The van der Waals surface area contributed by atoms with Crippen molar-refractivity contribution in [2.24, 2.45) is 0 Å². The molecule has 172 valence electrons. The average Bonchev–Trinajstić information content (AvgIpc) is 3.51. The molecule has 0 aliphatic carbocycles. The Kier molecular flexibility index (Phi) is 6.75. The molecule has 8 nitrogen and oxygen atoms in total. The standard InChI is InChI=1S/C22H27FN4O4S/c1-31-20-9-6-16(12-21(20)32(29,30)27-10-2-3-11-27)18-13-19(26-25-18)22(28)24-14-15-4-7-17(23)8-5-15/h4-9,12,18-19,25-26H,2-3,10-11,13-14H2,1H3,(H,24,28). The van der Waals surface area contributed by atoms with Crippen LogP contribution < -0.4 is 20.9 Å². The molecule has 0 spiro atoms. The number of sulfonamides is 1. The lowest BCUT2D eigenvalue weighted by Crippen LogP contribution is -2.42. The average molecular weight is 463 g/mol. The summed E-state index contributed by atoms with van der Waals surface area (Å²) in [6.45, 7) is 1.31. The van der Waals surface area contributed by atoms with Crippen LogP contribution in [0.25, 0.3) is 0 Å². The number of rotatable bonds is 7. The highest BCUT2D eigenvalue weighted by Crippen LogP contribution is 2.33. The lowest BCUT2D eigenvalue weighted by atomic mass is 10.0. The molecule has 2 heterocycles. The van der Waals surface area contributed by atoms with E-state index in [1.807, 2.05) is 0 Å². The summed E-state index contributed by atoms with van der Waals surface area (Å²) in [5, 5.41) is 2.84. The summed E-state index contributed by atoms with van der Waals surface area (Å²) in [6, 6.07) is 10.3. The second kappa shape index (κ2) is 9.53. The maximum atomic E-state index is 13.1. The summed E-state index contributed by atoms with van der Waals surface area (Å²) >= 11 is 0. The Morgan fingerprint density at radius 3 is 2.56 bits per heavy atom. The van der Waals surface area contributed by atoms with Crippen LogP contribution in [-0.2, 0) is 21.4 Å². The molecular weight excluding hydrogens is 435 g/mol. The molecule has 4 rings (SSSR count). The first-order valence-corrected chi connectivity index (χ1v) is 12.0. The number of hydrazine groups is 1. The molecule has 2 saturated heterocycles. The third-order valence-electron chi connectivity index (χ3n) is 5.87. The molecule has 10 heteroatoms. The van der Waals surface area contributed by atoms with Crippen molar-refractivity contribution >= 4 is 15.9 Å². The number of ether oxygens (including phenoxy) is 1. The number of methoxy groups -OCH3 is 1. The predicted molar refractivity (Wildman–Crippen MR) is 117 cm³/mol. The molecule has 0 aromatic heterocycles. The summed E-state index contributed by atoms with van der Waals surface area (Å²) < 4.78 is 46.1. The van der Waals surface area contributed by atoms with Gasteiger partial charge in [0, 0.05) is 25.7 Å². The minimum atomic E-state index is -3.65. The number of benzene rings is 2. The molecule has 2 aromatic carbocycles. The van der Waals surface area contributed by atoms with Crippen molar-refractivity contribution in [3.63, 3.8) is 0 Å². The zero-order valence-electron chi connectivity index (χ0n) is 17.8. The van der Waals surface area contributed by atoms with E-state index in [1.165, 1.54) is 23.5 Å². The van der Waals surface area contributed by atoms with Crippen LogP contribution in [0.5, 0.6) is 5.75 Å². The Labute approximate surface area is 187 Å². The van der Waals surface area contributed by atoms with Crippen LogP contribution in [0.3, 0.4) is 0 Å². The highest BCUT2D eigenvalue weighted by molar-refractivity contribution is 7.89. The summed E-state index contributed by atoms with van der Waals surface area (Å²) in [6.07, 6.45) is 2.15. The molecule has 2 atom stereocenters. The van der Waals surface area contributed by atoms with Crippen molar-refractivity contribution in [1.29, 1.82) is 0 Å². The maximum absolute atomic E-state index is 13.1. The van der Waals surface area contributed by atoms with Gasteiger partial charge in [0.1, 0.15) is 22.5 Å². The number of carbonyl (C=O) groups excluding carboxylic acids is 1. The molecule has 2 fully saturated rings. The van der Waals surface area contributed by atoms with Crippen LogP contribution in [0.1, 0.15) is 36.4 Å². The maximum Gasteiger partial charge on any atom is 0.246 e. The van der Waals surface area contributed by atoms with Crippen molar-refractivity contribution in [3.05, 3.63) is 59.4 Å². The molecule has 2 aliphatic rings. The van der Waals surface area contributed by atoms with E-state index in [9.17, 15) is 17.6 Å². The molecule has 1 amide bonds. The van der Waals surface area contributed by atoms with E-state index in [0.717, 1.165) is 24.0 Å². The predicted octanol–water partition coefficient (Wildman–Crippen LogP) is 1.84. The first-order valence-electron chi connectivity index (χ1n) is 10.6. The van der Waals surface area contributed by atoms with Gasteiger partial charge in [-0.25, -0.2) is 23.7 Å². The van der Waals surface area contributed by atoms with Crippen molar-refractivity contribution in [3.8, 4) is 5.75 Å². The number of hydrogen-bond donors (Lipinski definition) is 3. The van der Waals surface area contributed by atoms with E-state index in [4.69, 9.17) is 4.74 Å². The summed E-state index contributed by atoms with van der Waals surface area (Å²) in [5.74, 6) is -0.210. The van der Waals surface area contributed by atoms with E-state index in [0.29, 0.717) is 31.8 Å². The van der Waals surface area contributed by atoms with Crippen molar-refractivity contribution < 1.29 is 22.3 Å². The number of hydrogen-bond acceptors (Lipinski definition) is 6.